The zero-order valence-electron chi connectivity index (χ0n) is 14.5. The van der Waals surface area contributed by atoms with Gasteiger partial charge in [0.05, 0.1) is 6.42 Å². The molecule has 0 fully saturated rings. The molecule has 0 saturated carbocycles. The lowest BCUT2D eigenvalue weighted by molar-refractivity contribution is -0.137. The van der Waals surface area contributed by atoms with E-state index in [2.05, 4.69) is 0 Å². The quantitative estimate of drug-likeness (QED) is 0.691. The third kappa shape index (κ3) is 5.03. The molecule has 25 heavy (non-hydrogen) atoms. The molecule has 0 unspecified atom stereocenters. The smallest absolute Gasteiger partial charge is 0.303 e. The van der Waals surface area contributed by atoms with Crippen molar-refractivity contribution in [3.05, 3.63) is 65.0 Å². The zero-order chi connectivity index (χ0) is 18.4. The molecule has 134 valence electrons. The Hall–Kier alpha value is -2.40. The van der Waals surface area contributed by atoms with Gasteiger partial charge in [-0.2, -0.15) is 0 Å². The van der Waals surface area contributed by atoms with E-state index in [1.54, 1.807) is 12.1 Å². The third-order valence-corrected chi connectivity index (χ3v) is 4.19. The minimum Gasteiger partial charge on any atom is -0.481 e. The molecular weight excluding hydrogens is 321 g/mol. The maximum absolute atomic E-state index is 13.2. The molecule has 0 saturated heterocycles. The highest BCUT2D eigenvalue weighted by molar-refractivity contribution is 5.68. The summed E-state index contributed by atoms with van der Waals surface area (Å²) in [6.45, 7) is 4.33. The number of rotatable bonds is 8. The van der Waals surface area contributed by atoms with E-state index in [0.717, 1.165) is 16.7 Å². The first-order valence-corrected chi connectivity index (χ1v) is 8.43. The van der Waals surface area contributed by atoms with E-state index in [-0.39, 0.29) is 24.3 Å². The molecule has 2 rings (SSSR count). The zero-order valence-corrected chi connectivity index (χ0v) is 14.5. The molecule has 0 aliphatic carbocycles. The summed E-state index contributed by atoms with van der Waals surface area (Å²) in [6.07, 6.45) is 0.371. The Balaban J connectivity index is 2.43. The second-order valence-electron chi connectivity index (χ2n) is 6.02. The summed E-state index contributed by atoms with van der Waals surface area (Å²) < 4.78 is 19.1. The Morgan fingerprint density at radius 3 is 2.32 bits per heavy atom. The molecule has 0 spiro atoms. The lowest BCUT2D eigenvalue weighted by Crippen LogP contribution is -2.10. The normalized spacial score (nSPS) is 13.4. The van der Waals surface area contributed by atoms with Crippen molar-refractivity contribution in [2.24, 2.45) is 0 Å². The summed E-state index contributed by atoms with van der Waals surface area (Å²) in [6, 6.07) is 11.7. The van der Waals surface area contributed by atoms with Gasteiger partial charge in [-0.3, -0.25) is 4.79 Å². The monoisotopic (exact) mass is 345 g/mol. The predicted molar refractivity (Wildman–Crippen MR) is 96.0 cm³/mol. The molecule has 0 aliphatic rings. The number of hydrogen-bond donors (Lipinski definition) is 2. The fourth-order valence-electron chi connectivity index (χ4n) is 2.99. The number of hydrogen-bond acceptors (Lipinski definition) is 3. The fraction of sp³-hybridized carbons (Fsp3) is 0.350. The van der Waals surface area contributed by atoms with Crippen LogP contribution in [0.2, 0.25) is 0 Å². The minimum atomic E-state index is -0.837. The van der Waals surface area contributed by atoms with Crippen LogP contribution in [0.1, 0.15) is 55.4 Å². The number of benzene rings is 2. The summed E-state index contributed by atoms with van der Waals surface area (Å²) in [5.41, 5.74) is 9.16. The first-order chi connectivity index (χ1) is 11.9. The van der Waals surface area contributed by atoms with Crippen LogP contribution in [0.4, 0.5) is 10.1 Å². The van der Waals surface area contributed by atoms with Crippen LogP contribution in [0.3, 0.4) is 0 Å². The van der Waals surface area contributed by atoms with Gasteiger partial charge in [-0.25, -0.2) is 4.39 Å². The van der Waals surface area contributed by atoms with E-state index in [4.69, 9.17) is 15.6 Å². The number of aliphatic carboxylic acids is 1. The highest BCUT2D eigenvalue weighted by Gasteiger charge is 2.19. The first kappa shape index (κ1) is 18.9. The Kier molecular flexibility index (Phi) is 6.53. The third-order valence-electron chi connectivity index (χ3n) is 4.19. The van der Waals surface area contributed by atoms with Crippen LogP contribution in [-0.4, -0.2) is 17.7 Å². The second kappa shape index (κ2) is 8.62. The van der Waals surface area contributed by atoms with Gasteiger partial charge in [0.15, 0.2) is 0 Å². The van der Waals surface area contributed by atoms with Crippen LogP contribution in [0.5, 0.6) is 0 Å². The van der Waals surface area contributed by atoms with E-state index in [1.807, 2.05) is 32.0 Å². The average Bonchev–Trinajstić information content (AvgIpc) is 2.57. The summed E-state index contributed by atoms with van der Waals surface area (Å²) >= 11 is 0. The fourth-order valence-corrected chi connectivity index (χ4v) is 2.99. The first-order valence-electron chi connectivity index (χ1n) is 8.43. The molecule has 2 aromatic rings. The average molecular weight is 345 g/mol. The molecule has 0 radical (unpaired) electrons. The van der Waals surface area contributed by atoms with E-state index in [0.29, 0.717) is 18.7 Å². The number of halogens is 1. The standard InChI is InChI=1S/C20H24FNO3/c1-3-13(12-19(23)24)15-9-16(11-18(22)10-15)20(25-4-2)14-5-7-17(21)8-6-14/h5-11,13,20H,3-4,12,22H2,1-2H3,(H,23,24)/t13-,20+/m0/s1. The van der Waals surface area contributed by atoms with Crippen molar-refractivity contribution in [2.45, 2.75) is 38.7 Å². The van der Waals surface area contributed by atoms with E-state index >= 15 is 0 Å². The van der Waals surface area contributed by atoms with Crippen molar-refractivity contribution < 1.29 is 19.0 Å². The van der Waals surface area contributed by atoms with Gasteiger partial charge in [-0.05, 0) is 60.2 Å². The molecule has 0 aromatic heterocycles. The Bertz CT molecular complexity index is 715. The molecule has 0 amide bonds. The van der Waals surface area contributed by atoms with Crippen LogP contribution in [0.25, 0.3) is 0 Å². The molecule has 0 heterocycles. The van der Waals surface area contributed by atoms with Crippen molar-refractivity contribution in [3.8, 4) is 0 Å². The number of anilines is 1. The lowest BCUT2D eigenvalue weighted by atomic mass is 9.89. The van der Waals surface area contributed by atoms with Gasteiger partial charge in [-0.1, -0.05) is 25.1 Å². The second-order valence-corrected chi connectivity index (χ2v) is 6.02. The molecular formula is C20H24FNO3. The Morgan fingerprint density at radius 2 is 1.76 bits per heavy atom. The minimum absolute atomic E-state index is 0.0508. The van der Waals surface area contributed by atoms with Crippen LogP contribution < -0.4 is 5.73 Å². The number of carbonyl (C=O) groups is 1. The predicted octanol–water partition coefficient (Wildman–Crippen LogP) is 4.50. The van der Waals surface area contributed by atoms with Gasteiger partial charge in [0, 0.05) is 12.3 Å². The summed E-state index contributed by atoms with van der Waals surface area (Å²) in [4.78, 5) is 11.1. The number of ether oxygens (including phenoxy) is 1. The lowest BCUT2D eigenvalue weighted by Gasteiger charge is -2.21. The van der Waals surface area contributed by atoms with Crippen LogP contribution in [-0.2, 0) is 9.53 Å². The van der Waals surface area contributed by atoms with Gasteiger partial charge in [0.25, 0.3) is 0 Å². The summed E-state index contributed by atoms with van der Waals surface area (Å²) in [5, 5.41) is 9.12. The van der Waals surface area contributed by atoms with Crippen molar-refractivity contribution in [2.75, 3.05) is 12.3 Å². The largest absolute Gasteiger partial charge is 0.481 e. The molecule has 4 nitrogen and oxygen atoms in total. The van der Waals surface area contributed by atoms with Crippen molar-refractivity contribution in [1.82, 2.24) is 0 Å². The van der Waals surface area contributed by atoms with Crippen molar-refractivity contribution in [1.29, 1.82) is 0 Å². The van der Waals surface area contributed by atoms with E-state index in [9.17, 15) is 9.18 Å². The van der Waals surface area contributed by atoms with Crippen LogP contribution in [0, 0.1) is 5.82 Å². The number of carboxylic acid groups (broad SMARTS) is 1. The summed E-state index contributed by atoms with van der Waals surface area (Å²) in [7, 11) is 0. The summed E-state index contributed by atoms with van der Waals surface area (Å²) in [5.74, 6) is -1.26. The van der Waals surface area contributed by atoms with Crippen molar-refractivity contribution in [3.63, 3.8) is 0 Å². The molecule has 0 aliphatic heterocycles. The molecule has 2 aromatic carbocycles. The molecule has 0 bridgehead atoms. The maximum atomic E-state index is 13.2. The van der Waals surface area contributed by atoms with Gasteiger partial charge >= 0.3 is 5.97 Å². The van der Waals surface area contributed by atoms with Gasteiger partial charge in [0.2, 0.25) is 0 Å². The maximum Gasteiger partial charge on any atom is 0.303 e. The van der Waals surface area contributed by atoms with E-state index in [1.165, 1.54) is 12.1 Å². The molecule has 2 atom stereocenters. The topological polar surface area (TPSA) is 72.5 Å². The van der Waals surface area contributed by atoms with E-state index < -0.39 is 5.97 Å². The van der Waals surface area contributed by atoms with Gasteiger partial charge in [-0.15, -0.1) is 0 Å². The van der Waals surface area contributed by atoms with Crippen LogP contribution in [0.15, 0.2) is 42.5 Å². The highest BCUT2D eigenvalue weighted by atomic mass is 19.1. The molecule has 5 heteroatoms. The number of nitrogen functional groups attached to an aromatic ring is 1. The van der Waals surface area contributed by atoms with Crippen molar-refractivity contribution >= 4 is 11.7 Å². The van der Waals surface area contributed by atoms with Crippen LogP contribution >= 0.6 is 0 Å². The highest BCUT2D eigenvalue weighted by Crippen LogP contribution is 2.32. The SMILES string of the molecule is CCO[C@H](c1ccc(F)cc1)c1cc(N)cc([C@@H](CC)CC(=O)O)c1. The Labute approximate surface area is 147 Å². The molecule has 3 N–H and O–H groups in total. The van der Waals surface area contributed by atoms with Gasteiger partial charge in [0.1, 0.15) is 11.9 Å². The Morgan fingerprint density at radius 1 is 1.12 bits per heavy atom. The van der Waals surface area contributed by atoms with Gasteiger partial charge < -0.3 is 15.6 Å². The number of nitrogens with two attached hydrogens (primary N) is 1. The number of carboxylic acids is 1.